The van der Waals surface area contributed by atoms with Gasteiger partial charge in [0, 0.05) is 5.69 Å². The Morgan fingerprint density at radius 1 is 1.22 bits per heavy atom. The first-order valence-corrected chi connectivity index (χ1v) is 9.68. The summed E-state index contributed by atoms with van der Waals surface area (Å²) in [7, 11) is 0. The fraction of sp³-hybridized carbons (Fsp3) is 0.273. The summed E-state index contributed by atoms with van der Waals surface area (Å²) in [6.07, 6.45) is 4.49. The van der Waals surface area contributed by atoms with E-state index < -0.39 is 0 Å². The average molecular weight is 378 g/mol. The third-order valence-electron chi connectivity index (χ3n) is 5.17. The van der Waals surface area contributed by atoms with Crippen LogP contribution in [0.25, 0.3) is 11.3 Å². The van der Waals surface area contributed by atoms with E-state index in [9.17, 15) is 4.79 Å². The van der Waals surface area contributed by atoms with E-state index in [1.54, 1.807) is 6.26 Å². The predicted molar refractivity (Wildman–Crippen MR) is 108 cm³/mol. The number of aromatic nitrogens is 1. The van der Waals surface area contributed by atoms with Gasteiger partial charge in [-0.05, 0) is 54.0 Å². The number of benzene rings is 1. The monoisotopic (exact) mass is 378 g/mol. The minimum atomic E-state index is -0.141. The number of furan rings is 1. The van der Waals surface area contributed by atoms with Crippen molar-refractivity contribution in [1.29, 1.82) is 0 Å². The standard InChI is InChI=1S/C22H22N2O2S/c1-14-9-10-17-18(12-14)20(15-6-3-2-4-7-15)24-22(27)19(17)21(25)23-13-16-8-5-11-26-16/h2-8,11,14H,9-10,12-13H2,1H3,(H,23,25)(H,24,27). The number of H-pyrrole nitrogens is 1. The molecule has 4 rings (SSSR count). The molecule has 0 fully saturated rings. The van der Waals surface area contributed by atoms with Crippen LogP contribution in [0.2, 0.25) is 0 Å². The van der Waals surface area contributed by atoms with Crippen molar-refractivity contribution >= 4 is 18.1 Å². The molecule has 0 radical (unpaired) electrons. The van der Waals surface area contributed by atoms with Crippen LogP contribution in [0.15, 0.2) is 53.1 Å². The highest BCUT2D eigenvalue weighted by Gasteiger charge is 2.26. The van der Waals surface area contributed by atoms with Gasteiger partial charge < -0.3 is 14.7 Å². The van der Waals surface area contributed by atoms with Crippen LogP contribution in [0.1, 0.15) is 40.6 Å². The molecule has 1 amide bonds. The fourth-order valence-corrected chi connectivity index (χ4v) is 4.11. The van der Waals surface area contributed by atoms with E-state index in [0.29, 0.717) is 22.7 Å². The van der Waals surface area contributed by atoms with E-state index in [1.165, 1.54) is 5.56 Å². The minimum absolute atomic E-state index is 0.141. The first-order chi connectivity index (χ1) is 13.1. The molecule has 1 unspecified atom stereocenters. The molecule has 0 saturated carbocycles. The molecule has 27 heavy (non-hydrogen) atoms. The molecule has 2 N–H and O–H groups in total. The SMILES string of the molecule is CC1CCc2c(c(-c3ccccc3)[nH]c(=S)c2C(=O)NCc2ccco2)C1. The van der Waals surface area contributed by atoms with Crippen LogP contribution in [-0.4, -0.2) is 10.9 Å². The minimum Gasteiger partial charge on any atom is -0.467 e. The first kappa shape index (κ1) is 17.7. The van der Waals surface area contributed by atoms with Crippen molar-refractivity contribution in [2.45, 2.75) is 32.7 Å². The number of rotatable bonds is 4. The van der Waals surface area contributed by atoms with Gasteiger partial charge in [0.2, 0.25) is 0 Å². The zero-order valence-electron chi connectivity index (χ0n) is 15.2. The lowest BCUT2D eigenvalue weighted by Gasteiger charge is -2.26. The number of hydrogen-bond donors (Lipinski definition) is 2. The lowest BCUT2D eigenvalue weighted by atomic mass is 9.81. The highest BCUT2D eigenvalue weighted by molar-refractivity contribution is 7.71. The Morgan fingerprint density at radius 2 is 2.04 bits per heavy atom. The molecule has 0 bridgehead atoms. The van der Waals surface area contributed by atoms with Crippen molar-refractivity contribution in [2.75, 3.05) is 0 Å². The average Bonchev–Trinajstić information content (AvgIpc) is 3.20. The molecule has 4 nitrogen and oxygen atoms in total. The van der Waals surface area contributed by atoms with E-state index in [0.717, 1.165) is 41.8 Å². The second-order valence-corrected chi connectivity index (χ2v) is 7.55. The van der Waals surface area contributed by atoms with E-state index >= 15 is 0 Å². The number of nitrogens with one attached hydrogen (secondary N) is 2. The maximum absolute atomic E-state index is 12.9. The zero-order chi connectivity index (χ0) is 18.8. The Hall–Kier alpha value is -2.66. The van der Waals surface area contributed by atoms with Crippen molar-refractivity contribution in [3.05, 3.63) is 75.8 Å². The number of aromatic amines is 1. The molecule has 3 aromatic rings. The van der Waals surface area contributed by atoms with Crippen molar-refractivity contribution in [2.24, 2.45) is 5.92 Å². The van der Waals surface area contributed by atoms with Gasteiger partial charge in [0.1, 0.15) is 10.4 Å². The highest BCUT2D eigenvalue weighted by Crippen LogP contribution is 2.34. The number of amides is 1. The first-order valence-electron chi connectivity index (χ1n) is 9.27. The molecule has 0 aliphatic heterocycles. The maximum Gasteiger partial charge on any atom is 0.254 e. The lowest BCUT2D eigenvalue weighted by molar-refractivity contribution is 0.0945. The van der Waals surface area contributed by atoms with E-state index in [1.807, 2.05) is 30.3 Å². The summed E-state index contributed by atoms with van der Waals surface area (Å²) in [5, 5.41) is 2.94. The van der Waals surface area contributed by atoms with Crippen LogP contribution in [0, 0.1) is 10.6 Å². The van der Waals surface area contributed by atoms with E-state index in [4.69, 9.17) is 16.6 Å². The maximum atomic E-state index is 12.9. The smallest absolute Gasteiger partial charge is 0.254 e. The Kier molecular flexibility index (Phi) is 4.94. The summed E-state index contributed by atoms with van der Waals surface area (Å²) in [5.41, 5.74) is 5.07. The van der Waals surface area contributed by atoms with Gasteiger partial charge in [-0.2, -0.15) is 0 Å². The van der Waals surface area contributed by atoms with Crippen LogP contribution in [0.4, 0.5) is 0 Å². The van der Waals surface area contributed by atoms with Gasteiger partial charge in [-0.15, -0.1) is 0 Å². The van der Waals surface area contributed by atoms with Gasteiger partial charge in [-0.1, -0.05) is 49.5 Å². The van der Waals surface area contributed by atoms with Crippen molar-refractivity contribution in [1.82, 2.24) is 10.3 Å². The Labute approximate surface area is 163 Å². The van der Waals surface area contributed by atoms with Gasteiger partial charge in [0.05, 0.1) is 18.4 Å². The molecule has 2 heterocycles. The molecular weight excluding hydrogens is 356 g/mol. The Bertz CT molecular complexity index is 1010. The summed E-state index contributed by atoms with van der Waals surface area (Å²) in [6, 6.07) is 13.9. The normalized spacial score (nSPS) is 16.0. The van der Waals surface area contributed by atoms with Crippen LogP contribution >= 0.6 is 12.2 Å². The quantitative estimate of drug-likeness (QED) is 0.624. The molecule has 1 aromatic carbocycles. The predicted octanol–water partition coefficient (Wildman–Crippen LogP) is 5.06. The Balaban J connectivity index is 1.75. The van der Waals surface area contributed by atoms with Gasteiger partial charge in [0.25, 0.3) is 5.91 Å². The Morgan fingerprint density at radius 3 is 2.78 bits per heavy atom. The summed E-state index contributed by atoms with van der Waals surface area (Å²) in [6.45, 7) is 2.61. The molecule has 5 heteroatoms. The molecule has 2 aromatic heterocycles. The molecular formula is C22H22N2O2S. The number of pyridine rings is 1. The van der Waals surface area contributed by atoms with Gasteiger partial charge >= 0.3 is 0 Å². The number of carbonyl (C=O) groups is 1. The van der Waals surface area contributed by atoms with Crippen LogP contribution in [-0.2, 0) is 19.4 Å². The van der Waals surface area contributed by atoms with Crippen LogP contribution in [0.3, 0.4) is 0 Å². The second kappa shape index (κ2) is 7.53. The van der Waals surface area contributed by atoms with E-state index in [-0.39, 0.29) is 5.91 Å². The number of hydrogen-bond acceptors (Lipinski definition) is 3. The van der Waals surface area contributed by atoms with E-state index in [2.05, 4.69) is 29.4 Å². The largest absolute Gasteiger partial charge is 0.467 e. The second-order valence-electron chi connectivity index (χ2n) is 7.14. The molecule has 1 aliphatic carbocycles. The molecule has 0 spiro atoms. The zero-order valence-corrected chi connectivity index (χ0v) is 16.1. The van der Waals surface area contributed by atoms with Gasteiger partial charge in [0.15, 0.2) is 0 Å². The van der Waals surface area contributed by atoms with Crippen LogP contribution in [0.5, 0.6) is 0 Å². The topological polar surface area (TPSA) is 58.0 Å². The summed E-state index contributed by atoms with van der Waals surface area (Å²) >= 11 is 5.61. The van der Waals surface area contributed by atoms with Crippen LogP contribution < -0.4 is 5.32 Å². The molecule has 138 valence electrons. The fourth-order valence-electron chi connectivity index (χ4n) is 3.79. The summed E-state index contributed by atoms with van der Waals surface area (Å²) in [4.78, 5) is 16.3. The summed E-state index contributed by atoms with van der Waals surface area (Å²) < 4.78 is 5.80. The molecule has 1 aliphatic rings. The van der Waals surface area contributed by atoms with Gasteiger partial charge in [-0.3, -0.25) is 4.79 Å². The summed E-state index contributed by atoms with van der Waals surface area (Å²) in [5.74, 6) is 1.17. The third kappa shape index (κ3) is 3.60. The van der Waals surface area contributed by atoms with Crippen molar-refractivity contribution in [3.63, 3.8) is 0 Å². The molecule has 0 saturated heterocycles. The van der Waals surface area contributed by atoms with Crippen molar-refractivity contribution in [3.8, 4) is 11.3 Å². The number of fused-ring (bicyclic) bond motifs is 1. The lowest BCUT2D eigenvalue weighted by Crippen LogP contribution is -2.27. The van der Waals surface area contributed by atoms with Crippen molar-refractivity contribution < 1.29 is 9.21 Å². The highest BCUT2D eigenvalue weighted by atomic mass is 32.1. The third-order valence-corrected chi connectivity index (χ3v) is 5.47. The number of carbonyl (C=O) groups excluding carboxylic acids is 1. The molecule has 1 atom stereocenters. The van der Waals surface area contributed by atoms with Gasteiger partial charge in [-0.25, -0.2) is 0 Å².